The van der Waals surface area contributed by atoms with Gasteiger partial charge in [0.1, 0.15) is 0 Å². The minimum Gasteiger partial charge on any atom is -0.314 e. The van der Waals surface area contributed by atoms with Crippen LogP contribution in [0.5, 0.6) is 0 Å². The number of nitrogens with zero attached hydrogens (tertiary/aromatic N) is 3. The molecule has 88 valence electrons. The van der Waals surface area contributed by atoms with Crippen molar-refractivity contribution in [2.45, 2.75) is 6.54 Å². The molecule has 0 unspecified atom stereocenters. The Balaban J connectivity index is 1.89. The summed E-state index contributed by atoms with van der Waals surface area (Å²) in [6.07, 6.45) is 1.89. The summed E-state index contributed by atoms with van der Waals surface area (Å²) in [6.45, 7) is 5.35. The first kappa shape index (κ1) is 10.6. The number of fused-ring (bicyclic) bond motifs is 1. The minimum absolute atomic E-state index is 0.970. The van der Waals surface area contributed by atoms with Crippen molar-refractivity contribution in [2.75, 3.05) is 26.2 Å². The van der Waals surface area contributed by atoms with E-state index in [1.165, 1.54) is 10.9 Å². The fraction of sp³-hybridized carbons (Fsp3) is 0.385. The Hall–Kier alpha value is -1.52. The quantitative estimate of drug-likeness (QED) is 0.833. The molecule has 0 radical (unpaired) electrons. The van der Waals surface area contributed by atoms with Crippen LogP contribution in [0.2, 0.25) is 0 Å². The standard InChI is InChI=1S/C13H16N4/c1-2-4-13-12(3-1)11(9-15-16-13)10-17-7-5-14-6-8-17/h1-4,9,14H,5-8,10H2. The number of piperazine rings is 1. The van der Waals surface area contributed by atoms with Crippen molar-refractivity contribution in [2.24, 2.45) is 0 Å². The highest BCUT2D eigenvalue weighted by atomic mass is 15.2. The summed E-state index contributed by atoms with van der Waals surface area (Å²) in [6, 6.07) is 8.21. The maximum absolute atomic E-state index is 4.15. The smallest absolute Gasteiger partial charge is 0.0932 e. The van der Waals surface area contributed by atoms with Gasteiger partial charge in [0.2, 0.25) is 0 Å². The van der Waals surface area contributed by atoms with Gasteiger partial charge in [0.25, 0.3) is 0 Å². The molecule has 1 fully saturated rings. The zero-order valence-electron chi connectivity index (χ0n) is 9.76. The van der Waals surface area contributed by atoms with Crippen LogP contribution in [-0.2, 0) is 6.54 Å². The summed E-state index contributed by atoms with van der Waals surface area (Å²) in [7, 11) is 0. The third-order valence-electron chi connectivity index (χ3n) is 3.23. The Bertz CT molecular complexity index is 500. The molecule has 0 bridgehead atoms. The topological polar surface area (TPSA) is 41.0 Å². The van der Waals surface area contributed by atoms with Gasteiger partial charge < -0.3 is 5.32 Å². The monoisotopic (exact) mass is 228 g/mol. The van der Waals surface area contributed by atoms with E-state index in [-0.39, 0.29) is 0 Å². The van der Waals surface area contributed by atoms with E-state index < -0.39 is 0 Å². The van der Waals surface area contributed by atoms with Gasteiger partial charge in [-0.1, -0.05) is 18.2 Å². The molecule has 1 aliphatic heterocycles. The van der Waals surface area contributed by atoms with E-state index in [0.717, 1.165) is 38.2 Å². The van der Waals surface area contributed by atoms with Gasteiger partial charge >= 0.3 is 0 Å². The van der Waals surface area contributed by atoms with Gasteiger partial charge in [-0.3, -0.25) is 4.90 Å². The summed E-state index contributed by atoms with van der Waals surface area (Å²) in [5.74, 6) is 0. The van der Waals surface area contributed by atoms with Gasteiger partial charge in [-0.25, -0.2) is 0 Å². The summed E-state index contributed by atoms with van der Waals surface area (Å²) in [4.78, 5) is 2.46. The molecule has 2 aromatic rings. The van der Waals surface area contributed by atoms with Crippen LogP contribution in [0.4, 0.5) is 0 Å². The molecule has 0 spiro atoms. The minimum atomic E-state index is 0.970. The van der Waals surface area contributed by atoms with Crippen molar-refractivity contribution in [1.82, 2.24) is 20.4 Å². The number of hydrogen-bond acceptors (Lipinski definition) is 4. The summed E-state index contributed by atoms with van der Waals surface area (Å²) in [5, 5.41) is 12.8. The Morgan fingerprint density at radius 1 is 1.18 bits per heavy atom. The fourth-order valence-electron chi connectivity index (χ4n) is 2.30. The molecule has 0 aliphatic carbocycles. The van der Waals surface area contributed by atoms with E-state index in [1.54, 1.807) is 0 Å². The SMILES string of the molecule is c1ccc2c(CN3CCNCC3)cnnc2c1. The first-order chi connectivity index (χ1) is 8.43. The summed E-state index contributed by atoms with van der Waals surface area (Å²) >= 11 is 0. The average molecular weight is 228 g/mol. The van der Waals surface area contributed by atoms with Crippen LogP contribution in [0.25, 0.3) is 10.9 Å². The Morgan fingerprint density at radius 3 is 2.88 bits per heavy atom. The molecular weight excluding hydrogens is 212 g/mol. The lowest BCUT2D eigenvalue weighted by Crippen LogP contribution is -2.42. The van der Waals surface area contributed by atoms with E-state index in [2.05, 4.69) is 32.5 Å². The van der Waals surface area contributed by atoms with E-state index in [4.69, 9.17) is 0 Å². The van der Waals surface area contributed by atoms with Gasteiger partial charge in [0, 0.05) is 38.1 Å². The van der Waals surface area contributed by atoms with Gasteiger partial charge in [0.15, 0.2) is 0 Å². The number of nitrogens with one attached hydrogen (secondary N) is 1. The molecule has 0 saturated carbocycles. The van der Waals surface area contributed by atoms with Crippen molar-refractivity contribution in [1.29, 1.82) is 0 Å². The number of aromatic nitrogens is 2. The Morgan fingerprint density at radius 2 is 2.00 bits per heavy atom. The predicted molar refractivity (Wildman–Crippen MR) is 67.7 cm³/mol. The van der Waals surface area contributed by atoms with E-state index in [9.17, 15) is 0 Å². The predicted octanol–water partition coefficient (Wildman–Crippen LogP) is 1.03. The van der Waals surface area contributed by atoms with Gasteiger partial charge in [0.05, 0.1) is 11.7 Å². The summed E-state index contributed by atoms with van der Waals surface area (Å²) < 4.78 is 0. The first-order valence-corrected chi connectivity index (χ1v) is 6.06. The lowest BCUT2D eigenvalue weighted by molar-refractivity contribution is 0.233. The number of hydrogen-bond donors (Lipinski definition) is 1. The molecule has 1 N–H and O–H groups in total. The summed E-state index contributed by atoms with van der Waals surface area (Å²) in [5.41, 5.74) is 2.26. The van der Waals surface area contributed by atoms with Crippen LogP contribution in [-0.4, -0.2) is 41.3 Å². The van der Waals surface area contributed by atoms with E-state index >= 15 is 0 Å². The molecule has 2 heterocycles. The fourth-order valence-corrected chi connectivity index (χ4v) is 2.30. The molecule has 4 heteroatoms. The highest BCUT2D eigenvalue weighted by Gasteiger charge is 2.11. The van der Waals surface area contributed by atoms with Gasteiger partial charge in [-0.2, -0.15) is 10.2 Å². The zero-order chi connectivity index (χ0) is 11.5. The second kappa shape index (κ2) is 4.77. The second-order valence-corrected chi connectivity index (χ2v) is 4.41. The van der Waals surface area contributed by atoms with Gasteiger partial charge in [-0.05, 0) is 11.6 Å². The molecule has 0 atom stereocenters. The van der Waals surface area contributed by atoms with Gasteiger partial charge in [-0.15, -0.1) is 0 Å². The average Bonchev–Trinajstić information content (AvgIpc) is 2.40. The second-order valence-electron chi connectivity index (χ2n) is 4.41. The molecule has 4 nitrogen and oxygen atoms in total. The molecule has 1 aliphatic rings. The van der Waals surface area contributed by atoms with E-state index in [1.807, 2.05) is 18.3 Å². The van der Waals surface area contributed by atoms with Crippen LogP contribution >= 0.6 is 0 Å². The molecular formula is C13H16N4. The van der Waals surface area contributed by atoms with Crippen molar-refractivity contribution in [3.05, 3.63) is 36.0 Å². The lowest BCUT2D eigenvalue weighted by atomic mass is 10.1. The van der Waals surface area contributed by atoms with Crippen LogP contribution in [0.3, 0.4) is 0 Å². The van der Waals surface area contributed by atoms with Crippen LogP contribution in [0.15, 0.2) is 30.5 Å². The molecule has 1 aromatic heterocycles. The van der Waals surface area contributed by atoms with E-state index in [0.29, 0.717) is 0 Å². The molecule has 17 heavy (non-hydrogen) atoms. The Kier molecular flexibility index (Phi) is 2.98. The normalized spacial score (nSPS) is 17.4. The van der Waals surface area contributed by atoms with Crippen molar-refractivity contribution < 1.29 is 0 Å². The lowest BCUT2D eigenvalue weighted by Gasteiger charge is -2.27. The van der Waals surface area contributed by atoms with Crippen LogP contribution in [0.1, 0.15) is 5.56 Å². The highest BCUT2D eigenvalue weighted by Crippen LogP contribution is 2.16. The Labute approximate surface area is 101 Å². The molecule has 0 amide bonds. The van der Waals surface area contributed by atoms with Crippen molar-refractivity contribution in [3.63, 3.8) is 0 Å². The molecule has 3 rings (SSSR count). The number of rotatable bonds is 2. The van der Waals surface area contributed by atoms with Crippen molar-refractivity contribution in [3.8, 4) is 0 Å². The first-order valence-electron chi connectivity index (χ1n) is 6.06. The zero-order valence-corrected chi connectivity index (χ0v) is 9.76. The number of benzene rings is 1. The maximum Gasteiger partial charge on any atom is 0.0932 e. The largest absolute Gasteiger partial charge is 0.314 e. The van der Waals surface area contributed by atoms with Crippen LogP contribution in [0, 0.1) is 0 Å². The highest BCUT2D eigenvalue weighted by molar-refractivity contribution is 5.81. The molecule has 1 aromatic carbocycles. The third kappa shape index (κ3) is 2.28. The van der Waals surface area contributed by atoms with Crippen molar-refractivity contribution >= 4 is 10.9 Å². The maximum atomic E-state index is 4.15. The van der Waals surface area contributed by atoms with Crippen LogP contribution < -0.4 is 5.32 Å². The third-order valence-corrected chi connectivity index (χ3v) is 3.23. The molecule has 1 saturated heterocycles.